The van der Waals surface area contributed by atoms with Crippen LogP contribution in [0.1, 0.15) is 16.1 Å². The molecule has 1 aliphatic heterocycles. The molecule has 0 aliphatic carbocycles. The van der Waals surface area contributed by atoms with Gasteiger partial charge in [0.1, 0.15) is 11.4 Å². The van der Waals surface area contributed by atoms with Crippen molar-refractivity contribution >= 4 is 22.2 Å². The number of hydrogen-bond acceptors (Lipinski definition) is 5. The van der Waals surface area contributed by atoms with Gasteiger partial charge in [-0.2, -0.15) is 4.98 Å². The summed E-state index contributed by atoms with van der Waals surface area (Å²) < 4.78 is 7.37. The van der Waals surface area contributed by atoms with Crippen molar-refractivity contribution < 1.29 is 9.53 Å². The monoisotopic (exact) mass is 341 g/mol. The molecule has 6 nitrogen and oxygen atoms in total. The van der Waals surface area contributed by atoms with Crippen LogP contribution in [0, 0.1) is 5.92 Å². The fraction of sp³-hybridized carbons (Fsp3) is 0.235. The third-order valence-corrected chi connectivity index (χ3v) is 4.81. The summed E-state index contributed by atoms with van der Waals surface area (Å²) in [5.41, 5.74) is 1.06. The molecule has 1 aliphatic rings. The molecule has 122 valence electrons. The van der Waals surface area contributed by atoms with Crippen molar-refractivity contribution in [3.63, 3.8) is 0 Å². The van der Waals surface area contributed by atoms with Crippen LogP contribution in [0.25, 0.3) is 4.96 Å². The molecule has 1 amide bonds. The number of fused-ring (bicyclic) bond motifs is 2. The van der Waals surface area contributed by atoms with Crippen LogP contribution in [-0.2, 0) is 6.42 Å². The molecular formula is C17H15N3O3S. The number of nitrogens with zero attached hydrogens (tertiary/aromatic N) is 2. The predicted octanol–water partition coefficient (Wildman–Crippen LogP) is 1.74. The van der Waals surface area contributed by atoms with E-state index in [1.165, 1.54) is 17.4 Å². The minimum atomic E-state index is -0.405. The first-order valence-electron chi connectivity index (χ1n) is 7.66. The van der Waals surface area contributed by atoms with E-state index in [2.05, 4.69) is 10.3 Å². The van der Waals surface area contributed by atoms with E-state index >= 15 is 0 Å². The topological polar surface area (TPSA) is 72.7 Å². The lowest BCUT2D eigenvalue weighted by atomic mass is 9.97. The molecule has 0 unspecified atom stereocenters. The highest BCUT2D eigenvalue weighted by molar-refractivity contribution is 7.15. The molecule has 2 aromatic heterocycles. The third kappa shape index (κ3) is 2.78. The van der Waals surface area contributed by atoms with Gasteiger partial charge in [0, 0.05) is 30.1 Å². The molecule has 1 aromatic carbocycles. The number of rotatable bonds is 3. The Morgan fingerprint density at radius 1 is 1.42 bits per heavy atom. The van der Waals surface area contributed by atoms with Crippen LogP contribution < -0.4 is 15.6 Å². The largest absolute Gasteiger partial charge is 0.493 e. The van der Waals surface area contributed by atoms with Crippen LogP contribution in [0.4, 0.5) is 0 Å². The first-order chi connectivity index (χ1) is 11.7. The van der Waals surface area contributed by atoms with Gasteiger partial charge in [0.25, 0.3) is 11.5 Å². The highest BCUT2D eigenvalue weighted by Crippen LogP contribution is 2.26. The molecular weight excluding hydrogens is 326 g/mol. The molecule has 24 heavy (non-hydrogen) atoms. The van der Waals surface area contributed by atoms with E-state index in [-0.39, 0.29) is 11.8 Å². The highest BCUT2D eigenvalue weighted by Gasteiger charge is 2.21. The molecule has 3 aromatic rings. The van der Waals surface area contributed by atoms with E-state index < -0.39 is 5.56 Å². The van der Waals surface area contributed by atoms with Crippen LogP contribution >= 0.6 is 11.3 Å². The summed E-state index contributed by atoms with van der Waals surface area (Å²) in [7, 11) is 0. The Balaban J connectivity index is 1.47. The molecule has 0 fully saturated rings. The number of carbonyl (C=O) groups excluding carboxylic acids is 1. The average molecular weight is 341 g/mol. The number of para-hydroxylation sites is 1. The first-order valence-corrected chi connectivity index (χ1v) is 8.54. The summed E-state index contributed by atoms with van der Waals surface area (Å²) in [4.78, 5) is 28.5. The van der Waals surface area contributed by atoms with E-state index in [9.17, 15) is 9.59 Å². The minimum absolute atomic E-state index is 0.209. The Bertz CT molecular complexity index is 963. The molecule has 7 heteroatoms. The lowest BCUT2D eigenvalue weighted by molar-refractivity contribution is 0.0932. The Morgan fingerprint density at radius 2 is 2.29 bits per heavy atom. The summed E-state index contributed by atoms with van der Waals surface area (Å²) in [5.74, 6) is 0.850. The summed E-state index contributed by atoms with van der Waals surface area (Å²) in [6, 6.07) is 9.21. The van der Waals surface area contributed by atoms with Gasteiger partial charge >= 0.3 is 0 Å². The second-order valence-electron chi connectivity index (χ2n) is 5.73. The zero-order valence-electron chi connectivity index (χ0n) is 12.8. The summed E-state index contributed by atoms with van der Waals surface area (Å²) >= 11 is 1.32. The Labute approximate surface area is 141 Å². The van der Waals surface area contributed by atoms with Crippen molar-refractivity contribution in [2.24, 2.45) is 5.92 Å². The van der Waals surface area contributed by atoms with Gasteiger partial charge in [-0.1, -0.05) is 18.2 Å². The van der Waals surface area contributed by atoms with Crippen molar-refractivity contribution in [1.82, 2.24) is 14.7 Å². The Kier molecular flexibility index (Phi) is 3.78. The van der Waals surface area contributed by atoms with Crippen molar-refractivity contribution in [3.8, 4) is 5.75 Å². The molecule has 0 bridgehead atoms. The fourth-order valence-corrected chi connectivity index (χ4v) is 3.59. The molecule has 0 saturated heterocycles. The lowest BCUT2D eigenvalue weighted by Gasteiger charge is -2.25. The number of carbonyl (C=O) groups is 1. The maximum Gasteiger partial charge on any atom is 0.274 e. The maximum absolute atomic E-state index is 12.5. The molecule has 0 radical (unpaired) electrons. The van der Waals surface area contributed by atoms with Crippen LogP contribution in [0.3, 0.4) is 0 Å². The molecule has 4 rings (SSSR count). The van der Waals surface area contributed by atoms with E-state index in [0.29, 0.717) is 23.8 Å². The second kappa shape index (κ2) is 6.09. The van der Waals surface area contributed by atoms with Crippen LogP contribution in [0.15, 0.2) is 46.7 Å². The quantitative estimate of drug-likeness (QED) is 0.787. The maximum atomic E-state index is 12.5. The highest BCUT2D eigenvalue weighted by atomic mass is 32.1. The van der Waals surface area contributed by atoms with E-state index in [0.717, 1.165) is 17.7 Å². The van der Waals surface area contributed by atoms with Gasteiger partial charge in [-0.3, -0.25) is 14.0 Å². The number of hydrogen-bond donors (Lipinski definition) is 1. The molecule has 3 heterocycles. The van der Waals surface area contributed by atoms with Gasteiger partial charge < -0.3 is 10.1 Å². The van der Waals surface area contributed by atoms with Gasteiger partial charge in [-0.05, 0) is 18.1 Å². The number of nitrogens with one attached hydrogen (secondary N) is 1. The van der Waals surface area contributed by atoms with E-state index in [1.807, 2.05) is 24.3 Å². The lowest BCUT2D eigenvalue weighted by Crippen LogP contribution is -2.36. The first kappa shape index (κ1) is 14.9. The van der Waals surface area contributed by atoms with E-state index in [1.54, 1.807) is 16.0 Å². The smallest absolute Gasteiger partial charge is 0.274 e. The van der Waals surface area contributed by atoms with Crippen LogP contribution in [0.5, 0.6) is 5.75 Å². The predicted molar refractivity (Wildman–Crippen MR) is 90.8 cm³/mol. The number of amides is 1. The summed E-state index contributed by atoms with van der Waals surface area (Å²) in [6.45, 7) is 1.07. The van der Waals surface area contributed by atoms with Crippen LogP contribution in [0.2, 0.25) is 0 Å². The number of benzene rings is 1. The average Bonchev–Trinajstić information content (AvgIpc) is 3.07. The fourth-order valence-electron chi connectivity index (χ4n) is 2.87. The van der Waals surface area contributed by atoms with Crippen molar-refractivity contribution in [2.45, 2.75) is 6.42 Å². The van der Waals surface area contributed by atoms with Gasteiger partial charge in [0.05, 0.1) is 6.61 Å². The van der Waals surface area contributed by atoms with Crippen molar-refractivity contribution in [1.29, 1.82) is 0 Å². The normalized spacial score (nSPS) is 16.4. The van der Waals surface area contributed by atoms with Gasteiger partial charge in [0.15, 0.2) is 4.96 Å². The molecule has 1 atom stereocenters. The number of ether oxygens (including phenoxy) is 1. The number of thiazole rings is 1. The Hall–Kier alpha value is -2.67. The Morgan fingerprint density at radius 3 is 3.21 bits per heavy atom. The minimum Gasteiger partial charge on any atom is -0.493 e. The zero-order valence-corrected chi connectivity index (χ0v) is 13.6. The standard InChI is InChI=1S/C17H15N3O3S/c21-15-8-13(20-5-6-24-17(20)19-15)16(22)18-9-11-7-12-3-1-2-4-14(12)23-10-11/h1-6,8,11H,7,9-10H2,(H,18,22)/t11-/m0/s1. The zero-order chi connectivity index (χ0) is 16.5. The summed E-state index contributed by atoms with van der Waals surface area (Å²) in [6.07, 6.45) is 2.60. The van der Waals surface area contributed by atoms with Gasteiger partial charge in [0.2, 0.25) is 0 Å². The van der Waals surface area contributed by atoms with Crippen molar-refractivity contribution in [3.05, 3.63) is 63.5 Å². The van der Waals surface area contributed by atoms with Crippen molar-refractivity contribution in [2.75, 3.05) is 13.2 Å². The van der Waals surface area contributed by atoms with Crippen LogP contribution in [-0.4, -0.2) is 28.4 Å². The third-order valence-electron chi connectivity index (χ3n) is 4.05. The molecule has 1 N–H and O–H groups in total. The van der Waals surface area contributed by atoms with Gasteiger partial charge in [-0.25, -0.2) is 0 Å². The second-order valence-corrected chi connectivity index (χ2v) is 6.61. The SMILES string of the molecule is O=C(NC[C@H]1COc2ccccc2C1)c1cc(=O)nc2sccn12. The molecule has 0 spiro atoms. The summed E-state index contributed by atoms with van der Waals surface area (Å²) in [5, 5.41) is 4.70. The van der Waals surface area contributed by atoms with Gasteiger partial charge in [-0.15, -0.1) is 11.3 Å². The van der Waals surface area contributed by atoms with E-state index in [4.69, 9.17) is 4.74 Å². The molecule has 0 saturated carbocycles. The number of aromatic nitrogens is 2.